The number of thioether (sulfide) groups is 1. The Morgan fingerprint density at radius 3 is 3.11 bits per heavy atom. The Balaban J connectivity index is 1.82. The van der Waals surface area contributed by atoms with Gasteiger partial charge in [-0.1, -0.05) is 17.8 Å². The van der Waals surface area contributed by atoms with Gasteiger partial charge in [0.25, 0.3) is 5.22 Å². The standard InChI is InChI=1S/C13H15N3O2S/c1-9-10(14)3-2-4-11(9)16-12(17)5-8-19-13-15-6-7-18-13/h2-4,6-7H,5,8,14H2,1H3,(H,16,17). The maximum absolute atomic E-state index is 11.8. The summed E-state index contributed by atoms with van der Waals surface area (Å²) in [5, 5.41) is 3.42. The highest BCUT2D eigenvalue weighted by Gasteiger charge is 2.07. The van der Waals surface area contributed by atoms with Crippen molar-refractivity contribution in [3.05, 3.63) is 36.2 Å². The fraction of sp³-hybridized carbons (Fsp3) is 0.231. The van der Waals surface area contributed by atoms with Crippen molar-refractivity contribution in [1.29, 1.82) is 0 Å². The summed E-state index contributed by atoms with van der Waals surface area (Å²) in [6, 6.07) is 5.47. The van der Waals surface area contributed by atoms with Gasteiger partial charge in [0.15, 0.2) is 0 Å². The largest absolute Gasteiger partial charge is 0.440 e. The van der Waals surface area contributed by atoms with Crippen LogP contribution in [0.25, 0.3) is 0 Å². The van der Waals surface area contributed by atoms with Crippen molar-refractivity contribution in [1.82, 2.24) is 4.98 Å². The Morgan fingerprint density at radius 2 is 2.37 bits per heavy atom. The molecule has 6 heteroatoms. The zero-order valence-corrected chi connectivity index (χ0v) is 11.4. The topological polar surface area (TPSA) is 81.1 Å². The highest BCUT2D eigenvalue weighted by molar-refractivity contribution is 7.99. The lowest BCUT2D eigenvalue weighted by molar-refractivity contribution is -0.115. The number of hydrogen-bond donors (Lipinski definition) is 2. The molecule has 0 saturated carbocycles. The van der Waals surface area contributed by atoms with E-state index in [1.54, 1.807) is 6.20 Å². The third-order valence-electron chi connectivity index (χ3n) is 2.61. The fourth-order valence-electron chi connectivity index (χ4n) is 1.51. The molecule has 0 aliphatic carbocycles. The third kappa shape index (κ3) is 3.75. The molecule has 0 aliphatic rings. The average Bonchev–Trinajstić information content (AvgIpc) is 2.88. The van der Waals surface area contributed by atoms with Crippen LogP contribution < -0.4 is 11.1 Å². The Morgan fingerprint density at radius 1 is 1.53 bits per heavy atom. The van der Waals surface area contributed by atoms with Gasteiger partial charge in [-0.25, -0.2) is 4.98 Å². The zero-order chi connectivity index (χ0) is 13.7. The number of nitrogens with zero attached hydrogens (tertiary/aromatic N) is 1. The van der Waals surface area contributed by atoms with E-state index < -0.39 is 0 Å². The molecule has 0 bridgehead atoms. The number of rotatable bonds is 5. The van der Waals surface area contributed by atoms with Crippen molar-refractivity contribution in [3.8, 4) is 0 Å². The van der Waals surface area contributed by atoms with Gasteiger partial charge in [-0.3, -0.25) is 4.79 Å². The first-order valence-electron chi connectivity index (χ1n) is 5.84. The Labute approximate surface area is 115 Å². The molecular formula is C13H15N3O2S. The number of nitrogen functional groups attached to an aromatic ring is 1. The smallest absolute Gasteiger partial charge is 0.255 e. The molecule has 1 aromatic carbocycles. The number of nitrogens with two attached hydrogens (primary N) is 1. The second kappa shape index (κ2) is 6.29. The highest BCUT2D eigenvalue weighted by atomic mass is 32.2. The van der Waals surface area contributed by atoms with Gasteiger partial charge in [0, 0.05) is 23.5 Å². The van der Waals surface area contributed by atoms with Crippen LogP contribution in [0.3, 0.4) is 0 Å². The minimum Gasteiger partial charge on any atom is -0.440 e. The Kier molecular flexibility index (Phi) is 4.46. The van der Waals surface area contributed by atoms with E-state index in [2.05, 4.69) is 10.3 Å². The van der Waals surface area contributed by atoms with Crippen molar-refractivity contribution < 1.29 is 9.21 Å². The molecule has 0 unspecified atom stereocenters. The summed E-state index contributed by atoms with van der Waals surface area (Å²) < 4.78 is 5.07. The van der Waals surface area contributed by atoms with E-state index in [1.807, 2.05) is 25.1 Å². The predicted molar refractivity (Wildman–Crippen MR) is 76.1 cm³/mol. The molecular weight excluding hydrogens is 262 g/mol. The van der Waals surface area contributed by atoms with E-state index in [-0.39, 0.29) is 5.91 Å². The van der Waals surface area contributed by atoms with E-state index >= 15 is 0 Å². The van der Waals surface area contributed by atoms with Crippen LogP contribution in [0, 0.1) is 6.92 Å². The van der Waals surface area contributed by atoms with Crippen LogP contribution in [0.5, 0.6) is 0 Å². The molecule has 0 aliphatic heterocycles. The predicted octanol–water partition coefficient (Wildman–Crippen LogP) is 2.69. The lowest BCUT2D eigenvalue weighted by atomic mass is 10.1. The monoisotopic (exact) mass is 277 g/mol. The molecule has 1 aromatic heterocycles. The fourth-order valence-corrected chi connectivity index (χ4v) is 2.24. The summed E-state index contributed by atoms with van der Waals surface area (Å²) in [5.74, 6) is 0.570. The van der Waals surface area contributed by atoms with E-state index in [4.69, 9.17) is 10.2 Å². The van der Waals surface area contributed by atoms with E-state index in [0.717, 1.165) is 11.3 Å². The van der Waals surface area contributed by atoms with E-state index in [0.29, 0.717) is 23.1 Å². The molecule has 0 atom stereocenters. The summed E-state index contributed by atoms with van der Waals surface area (Å²) in [4.78, 5) is 15.8. The van der Waals surface area contributed by atoms with Gasteiger partial charge in [-0.2, -0.15) is 0 Å². The van der Waals surface area contributed by atoms with Gasteiger partial charge in [0.1, 0.15) is 6.26 Å². The molecule has 2 aromatic rings. The van der Waals surface area contributed by atoms with Crippen molar-refractivity contribution >= 4 is 29.0 Å². The maximum atomic E-state index is 11.8. The number of hydrogen-bond acceptors (Lipinski definition) is 5. The number of oxazole rings is 1. The zero-order valence-electron chi connectivity index (χ0n) is 10.6. The van der Waals surface area contributed by atoms with Crippen molar-refractivity contribution in [2.24, 2.45) is 0 Å². The van der Waals surface area contributed by atoms with Gasteiger partial charge in [0.2, 0.25) is 5.91 Å². The van der Waals surface area contributed by atoms with Crippen LogP contribution in [0.4, 0.5) is 11.4 Å². The Bertz CT molecular complexity index is 555. The van der Waals surface area contributed by atoms with Gasteiger partial charge >= 0.3 is 0 Å². The number of amides is 1. The molecule has 100 valence electrons. The second-order valence-electron chi connectivity index (χ2n) is 3.96. The lowest BCUT2D eigenvalue weighted by Crippen LogP contribution is -2.13. The Hall–Kier alpha value is -1.95. The van der Waals surface area contributed by atoms with Crippen LogP contribution in [-0.2, 0) is 4.79 Å². The summed E-state index contributed by atoms with van der Waals surface area (Å²) in [6.07, 6.45) is 3.48. The van der Waals surface area contributed by atoms with Gasteiger partial charge in [-0.15, -0.1) is 0 Å². The third-order valence-corrected chi connectivity index (χ3v) is 3.47. The SMILES string of the molecule is Cc1c(N)cccc1NC(=O)CCSc1ncco1. The first kappa shape index (κ1) is 13.5. The van der Waals surface area contributed by atoms with Crippen LogP contribution in [-0.4, -0.2) is 16.6 Å². The molecule has 1 amide bonds. The first-order chi connectivity index (χ1) is 9.16. The number of nitrogens with one attached hydrogen (secondary N) is 1. The number of carbonyl (C=O) groups is 1. The highest BCUT2D eigenvalue weighted by Crippen LogP contribution is 2.21. The minimum absolute atomic E-state index is 0.0484. The molecule has 5 nitrogen and oxygen atoms in total. The lowest BCUT2D eigenvalue weighted by Gasteiger charge is -2.09. The normalized spacial score (nSPS) is 10.4. The van der Waals surface area contributed by atoms with Crippen LogP contribution in [0.15, 0.2) is 40.3 Å². The molecule has 1 heterocycles. The quantitative estimate of drug-likeness (QED) is 0.648. The summed E-state index contributed by atoms with van der Waals surface area (Å²) in [5.41, 5.74) is 8.10. The van der Waals surface area contributed by atoms with Gasteiger partial charge in [-0.05, 0) is 24.6 Å². The van der Waals surface area contributed by atoms with Crippen molar-refractivity contribution in [2.75, 3.05) is 16.8 Å². The summed E-state index contributed by atoms with van der Waals surface area (Å²) in [6.45, 7) is 1.88. The van der Waals surface area contributed by atoms with Crippen LogP contribution >= 0.6 is 11.8 Å². The molecule has 0 fully saturated rings. The van der Waals surface area contributed by atoms with Crippen molar-refractivity contribution in [3.63, 3.8) is 0 Å². The van der Waals surface area contributed by atoms with Crippen LogP contribution in [0.1, 0.15) is 12.0 Å². The summed E-state index contributed by atoms with van der Waals surface area (Å²) >= 11 is 1.41. The number of anilines is 2. The molecule has 2 rings (SSSR count). The molecule has 0 radical (unpaired) electrons. The van der Waals surface area contributed by atoms with Gasteiger partial charge in [0.05, 0.1) is 6.20 Å². The first-order valence-corrected chi connectivity index (χ1v) is 6.82. The molecule has 19 heavy (non-hydrogen) atoms. The molecule has 3 N–H and O–H groups in total. The van der Waals surface area contributed by atoms with Crippen LogP contribution in [0.2, 0.25) is 0 Å². The number of benzene rings is 1. The van der Waals surface area contributed by atoms with Crippen molar-refractivity contribution in [2.45, 2.75) is 18.6 Å². The molecule has 0 spiro atoms. The van der Waals surface area contributed by atoms with Gasteiger partial charge < -0.3 is 15.5 Å². The molecule has 0 saturated heterocycles. The number of carbonyl (C=O) groups excluding carboxylic acids is 1. The minimum atomic E-state index is -0.0484. The number of aromatic nitrogens is 1. The van der Waals surface area contributed by atoms with E-state index in [1.165, 1.54) is 18.0 Å². The average molecular weight is 277 g/mol. The summed E-state index contributed by atoms with van der Waals surface area (Å²) in [7, 11) is 0. The second-order valence-corrected chi connectivity index (χ2v) is 5.01. The maximum Gasteiger partial charge on any atom is 0.255 e. The van der Waals surface area contributed by atoms with E-state index in [9.17, 15) is 4.79 Å².